The van der Waals surface area contributed by atoms with Gasteiger partial charge in [-0.05, 0) is 54.0 Å². The third kappa shape index (κ3) is 4.54. The number of benzene rings is 1. The molecule has 144 valence electrons. The number of carbonyl (C=O) groups excluding carboxylic acids is 1. The van der Waals surface area contributed by atoms with Gasteiger partial charge in [0.05, 0.1) is 0 Å². The molecule has 0 saturated carbocycles. The Morgan fingerprint density at radius 3 is 2.08 bits per heavy atom. The molecule has 0 aromatic heterocycles. The highest BCUT2D eigenvalue weighted by Gasteiger charge is 2.49. The van der Waals surface area contributed by atoms with Gasteiger partial charge in [0.1, 0.15) is 11.7 Å². The van der Waals surface area contributed by atoms with Crippen LogP contribution in [0.5, 0.6) is 0 Å². The molecule has 1 saturated heterocycles. The number of piperidine rings is 1. The molecule has 0 spiro atoms. The van der Waals surface area contributed by atoms with E-state index in [1.165, 1.54) is 0 Å². The van der Waals surface area contributed by atoms with Crippen LogP contribution in [-0.2, 0) is 20.0 Å². The molecular formula is C22H33NO3. The topological polar surface area (TPSA) is 38.8 Å². The maximum atomic E-state index is 12.0. The van der Waals surface area contributed by atoms with Gasteiger partial charge in [0.25, 0.3) is 0 Å². The normalized spacial score (nSPS) is 20.6. The first-order valence-corrected chi connectivity index (χ1v) is 9.27. The lowest BCUT2D eigenvalue weighted by molar-refractivity contribution is -0.341. The number of hydroxylamine groups is 2. The Hall–Kier alpha value is -1.65. The molecular weight excluding hydrogens is 326 g/mol. The fraction of sp³-hybridized carbons (Fsp3) is 0.591. The fourth-order valence-electron chi connectivity index (χ4n) is 3.87. The SMILES string of the molecule is C=C(C)C(=O)OC1CC(C)(C)N(OC(C)(C)c2ccccc2)C(C)(C)C1. The van der Waals surface area contributed by atoms with Gasteiger partial charge in [-0.3, -0.25) is 4.84 Å². The fourth-order valence-corrected chi connectivity index (χ4v) is 3.87. The van der Waals surface area contributed by atoms with Crippen molar-refractivity contribution in [3.05, 3.63) is 48.0 Å². The number of esters is 1. The summed E-state index contributed by atoms with van der Waals surface area (Å²) in [5.41, 5.74) is 0.533. The first-order valence-electron chi connectivity index (χ1n) is 9.27. The van der Waals surface area contributed by atoms with E-state index in [-0.39, 0.29) is 23.2 Å². The second-order valence-corrected chi connectivity index (χ2v) is 9.10. The second kappa shape index (κ2) is 7.16. The van der Waals surface area contributed by atoms with E-state index in [0.29, 0.717) is 18.4 Å². The van der Waals surface area contributed by atoms with Gasteiger partial charge < -0.3 is 4.74 Å². The van der Waals surface area contributed by atoms with Gasteiger partial charge >= 0.3 is 5.97 Å². The lowest BCUT2D eigenvalue weighted by atomic mass is 9.80. The molecule has 4 nitrogen and oxygen atoms in total. The summed E-state index contributed by atoms with van der Waals surface area (Å²) in [5, 5.41) is 2.10. The van der Waals surface area contributed by atoms with E-state index in [0.717, 1.165) is 5.56 Å². The van der Waals surface area contributed by atoms with Gasteiger partial charge in [0, 0.05) is 29.5 Å². The minimum atomic E-state index is -0.461. The van der Waals surface area contributed by atoms with Crippen molar-refractivity contribution in [3.8, 4) is 0 Å². The average molecular weight is 360 g/mol. The number of ether oxygens (including phenoxy) is 1. The monoisotopic (exact) mass is 359 g/mol. The molecule has 1 heterocycles. The van der Waals surface area contributed by atoms with E-state index in [9.17, 15) is 4.79 Å². The molecule has 1 aromatic carbocycles. The van der Waals surface area contributed by atoms with Crippen LogP contribution in [0.1, 0.15) is 66.9 Å². The first-order chi connectivity index (χ1) is 11.8. The minimum Gasteiger partial charge on any atom is -0.459 e. The zero-order valence-corrected chi connectivity index (χ0v) is 17.3. The van der Waals surface area contributed by atoms with Crippen molar-refractivity contribution in [2.24, 2.45) is 0 Å². The Bertz CT molecular complexity index is 643. The molecule has 1 aromatic rings. The van der Waals surface area contributed by atoms with Gasteiger partial charge in [0.15, 0.2) is 0 Å². The number of nitrogens with zero attached hydrogens (tertiary/aromatic N) is 1. The van der Waals surface area contributed by atoms with Crippen LogP contribution in [-0.4, -0.2) is 28.2 Å². The maximum Gasteiger partial charge on any atom is 0.333 e. The van der Waals surface area contributed by atoms with Gasteiger partial charge in [-0.25, -0.2) is 4.79 Å². The van der Waals surface area contributed by atoms with Crippen molar-refractivity contribution in [2.45, 2.75) is 84.1 Å². The summed E-state index contributed by atoms with van der Waals surface area (Å²) in [5.74, 6) is -0.319. The van der Waals surface area contributed by atoms with Crippen molar-refractivity contribution in [1.29, 1.82) is 0 Å². The highest BCUT2D eigenvalue weighted by molar-refractivity contribution is 5.87. The van der Waals surface area contributed by atoms with Gasteiger partial charge in [0.2, 0.25) is 0 Å². The summed E-state index contributed by atoms with van der Waals surface area (Å²) in [4.78, 5) is 18.5. The van der Waals surface area contributed by atoms with Crippen LogP contribution in [0, 0.1) is 0 Å². The molecule has 2 rings (SSSR count). The Morgan fingerprint density at radius 2 is 1.62 bits per heavy atom. The van der Waals surface area contributed by atoms with Crippen LogP contribution < -0.4 is 0 Å². The molecule has 0 amide bonds. The van der Waals surface area contributed by atoms with Crippen molar-refractivity contribution in [2.75, 3.05) is 0 Å². The molecule has 0 atom stereocenters. The quantitative estimate of drug-likeness (QED) is 0.548. The largest absolute Gasteiger partial charge is 0.459 e. The number of hydrogen-bond acceptors (Lipinski definition) is 4. The highest BCUT2D eigenvalue weighted by Crippen LogP contribution is 2.43. The Kier molecular flexibility index (Phi) is 5.69. The molecule has 1 aliphatic rings. The molecule has 0 aliphatic carbocycles. The molecule has 0 N–H and O–H groups in total. The lowest BCUT2D eigenvalue weighted by Crippen LogP contribution is -2.63. The lowest BCUT2D eigenvalue weighted by Gasteiger charge is -2.55. The van der Waals surface area contributed by atoms with E-state index in [4.69, 9.17) is 9.57 Å². The van der Waals surface area contributed by atoms with E-state index in [1.54, 1.807) is 6.92 Å². The standard InChI is InChI=1S/C22H33NO3/c1-16(2)19(24)25-18-14-20(3,4)23(21(5,6)15-18)26-22(7,8)17-12-10-9-11-13-17/h9-13,18H,1,14-15H2,2-8H3. The molecule has 1 aliphatic heterocycles. The van der Waals surface area contributed by atoms with E-state index in [1.807, 2.05) is 18.2 Å². The Balaban J connectivity index is 2.22. The molecule has 0 unspecified atom stereocenters. The molecule has 1 fully saturated rings. The van der Waals surface area contributed by atoms with Crippen molar-refractivity contribution in [1.82, 2.24) is 5.06 Å². The van der Waals surface area contributed by atoms with Crippen LogP contribution in [0.3, 0.4) is 0 Å². The van der Waals surface area contributed by atoms with Crippen LogP contribution in [0.15, 0.2) is 42.5 Å². The van der Waals surface area contributed by atoms with Gasteiger partial charge in [-0.15, -0.1) is 0 Å². The number of hydrogen-bond donors (Lipinski definition) is 0. The van der Waals surface area contributed by atoms with Crippen LogP contribution in [0.2, 0.25) is 0 Å². The van der Waals surface area contributed by atoms with E-state index in [2.05, 4.69) is 65.3 Å². The average Bonchev–Trinajstić information content (AvgIpc) is 2.51. The van der Waals surface area contributed by atoms with Gasteiger partial charge in [-0.2, -0.15) is 5.06 Å². The van der Waals surface area contributed by atoms with Crippen LogP contribution >= 0.6 is 0 Å². The Labute approximate surface area is 158 Å². The zero-order chi connectivity index (χ0) is 19.8. The summed E-state index contributed by atoms with van der Waals surface area (Å²) in [6, 6.07) is 10.2. The summed E-state index contributed by atoms with van der Waals surface area (Å²) in [6.07, 6.45) is 1.27. The molecule has 4 heteroatoms. The number of carbonyl (C=O) groups is 1. The van der Waals surface area contributed by atoms with Crippen molar-refractivity contribution in [3.63, 3.8) is 0 Å². The molecule has 26 heavy (non-hydrogen) atoms. The van der Waals surface area contributed by atoms with Crippen LogP contribution in [0.4, 0.5) is 0 Å². The summed E-state index contributed by atoms with van der Waals surface area (Å²) >= 11 is 0. The van der Waals surface area contributed by atoms with E-state index < -0.39 is 5.60 Å². The summed E-state index contributed by atoms with van der Waals surface area (Å²) < 4.78 is 5.67. The summed E-state index contributed by atoms with van der Waals surface area (Å²) in [6.45, 7) is 18.1. The molecule has 0 bridgehead atoms. The smallest absolute Gasteiger partial charge is 0.333 e. The first kappa shape index (κ1) is 20.7. The highest BCUT2D eigenvalue weighted by atomic mass is 16.7. The minimum absolute atomic E-state index is 0.149. The third-order valence-corrected chi connectivity index (χ3v) is 4.96. The maximum absolute atomic E-state index is 12.0. The summed E-state index contributed by atoms with van der Waals surface area (Å²) in [7, 11) is 0. The Morgan fingerprint density at radius 1 is 1.12 bits per heavy atom. The zero-order valence-electron chi connectivity index (χ0n) is 17.3. The predicted octanol–water partition coefficient (Wildman–Crippen LogP) is 4.99. The number of rotatable bonds is 5. The van der Waals surface area contributed by atoms with Crippen molar-refractivity contribution < 1.29 is 14.4 Å². The van der Waals surface area contributed by atoms with Crippen molar-refractivity contribution >= 4 is 5.97 Å². The second-order valence-electron chi connectivity index (χ2n) is 9.10. The molecule has 0 radical (unpaired) electrons. The van der Waals surface area contributed by atoms with Gasteiger partial charge in [-0.1, -0.05) is 36.9 Å². The predicted molar refractivity (Wildman–Crippen MR) is 104 cm³/mol. The van der Waals surface area contributed by atoms with Crippen LogP contribution in [0.25, 0.3) is 0 Å². The van der Waals surface area contributed by atoms with E-state index >= 15 is 0 Å². The third-order valence-electron chi connectivity index (χ3n) is 4.96.